The number of hydrogen-bond donors (Lipinski definition) is 0. The molecule has 1 aromatic carbocycles. The summed E-state index contributed by atoms with van der Waals surface area (Å²) in [6, 6.07) is 5.30. The van der Waals surface area contributed by atoms with Crippen LogP contribution in [0.2, 0.25) is 0 Å². The minimum absolute atomic E-state index is 0.232. The van der Waals surface area contributed by atoms with Gasteiger partial charge in [-0.05, 0) is 56.4 Å². The summed E-state index contributed by atoms with van der Waals surface area (Å²) in [5, 5.41) is 0. The van der Waals surface area contributed by atoms with Crippen molar-refractivity contribution in [3.63, 3.8) is 0 Å². The predicted molar refractivity (Wildman–Crippen MR) is 101 cm³/mol. The molecule has 0 unspecified atom stereocenters. The van der Waals surface area contributed by atoms with Crippen LogP contribution in [0.25, 0.3) is 0 Å². The van der Waals surface area contributed by atoms with Crippen LogP contribution in [0, 0.1) is 5.92 Å². The maximum atomic E-state index is 13.1. The molecule has 6 nitrogen and oxygen atoms in total. The van der Waals surface area contributed by atoms with Crippen molar-refractivity contribution in [1.29, 1.82) is 0 Å². The molecule has 0 amide bonds. The molecule has 2 heterocycles. The Labute approximate surface area is 156 Å². The fraction of sp³-hybridized carbons (Fsp3) is 0.632. The minimum atomic E-state index is -3.49. The van der Waals surface area contributed by atoms with Crippen molar-refractivity contribution >= 4 is 21.4 Å². The first-order chi connectivity index (χ1) is 12.3. The lowest BCUT2D eigenvalue weighted by Crippen LogP contribution is -2.39. The second kappa shape index (κ2) is 7.38. The molecule has 0 radical (unpaired) electrons. The van der Waals surface area contributed by atoms with Crippen molar-refractivity contribution in [1.82, 2.24) is 4.31 Å². The topological polar surface area (TPSA) is 68.2 Å². The summed E-state index contributed by atoms with van der Waals surface area (Å²) in [5.74, 6) is 0.336. The normalized spacial score (nSPS) is 20.8. The average Bonchev–Trinajstić information content (AvgIpc) is 2.84. The molecule has 7 heteroatoms. The van der Waals surface area contributed by atoms with Crippen LogP contribution < -0.4 is 0 Å². The zero-order valence-corrected chi connectivity index (χ0v) is 16.8. The van der Waals surface area contributed by atoms with E-state index in [1.165, 1.54) is 0 Å². The van der Waals surface area contributed by atoms with Gasteiger partial charge in [0.15, 0.2) is 0 Å². The molecule has 1 fully saturated rings. The quantitative estimate of drug-likeness (QED) is 0.431. The van der Waals surface area contributed by atoms with Gasteiger partial charge in [-0.2, -0.15) is 4.31 Å². The van der Waals surface area contributed by atoms with Crippen LogP contribution in [0.3, 0.4) is 0 Å². The van der Waals surface area contributed by atoms with E-state index in [0.29, 0.717) is 37.1 Å². The van der Waals surface area contributed by atoms with Crippen LogP contribution in [-0.4, -0.2) is 44.7 Å². The van der Waals surface area contributed by atoms with Gasteiger partial charge >= 0.3 is 0 Å². The highest BCUT2D eigenvalue weighted by molar-refractivity contribution is 7.89. The fourth-order valence-electron chi connectivity index (χ4n) is 3.48. The molecule has 2 aliphatic heterocycles. The number of aliphatic imine (C=N–C) groups is 1. The third kappa shape index (κ3) is 3.58. The number of nitrogens with zero attached hydrogens (tertiary/aromatic N) is 2. The molecule has 0 bridgehead atoms. The molecule has 0 spiro atoms. The van der Waals surface area contributed by atoms with Crippen LogP contribution in [-0.2, 0) is 25.2 Å². The van der Waals surface area contributed by atoms with Gasteiger partial charge in [0.05, 0.1) is 23.8 Å². The SMILES string of the molecule is CCOOCC1CCN(S(=O)(=O)c2ccc3c(c2)C(C)(C)C(C)=N3)CC1. The summed E-state index contributed by atoms with van der Waals surface area (Å²) >= 11 is 0. The van der Waals surface area contributed by atoms with Gasteiger partial charge in [0, 0.05) is 24.2 Å². The Hall–Kier alpha value is -1.28. The molecule has 0 saturated carbocycles. The monoisotopic (exact) mass is 380 g/mol. The summed E-state index contributed by atoms with van der Waals surface area (Å²) in [4.78, 5) is 15.0. The van der Waals surface area contributed by atoms with E-state index in [-0.39, 0.29) is 5.41 Å². The molecule has 0 aliphatic carbocycles. The molecule has 0 N–H and O–H groups in total. The van der Waals surface area contributed by atoms with Crippen LogP contribution in [0.1, 0.15) is 46.1 Å². The Kier molecular flexibility index (Phi) is 5.53. The van der Waals surface area contributed by atoms with Crippen molar-refractivity contribution in [3.8, 4) is 0 Å². The van der Waals surface area contributed by atoms with Gasteiger partial charge in [0.25, 0.3) is 0 Å². The second-order valence-corrected chi connectivity index (χ2v) is 9.48. The van der Waals surface area contributed by atoms with E-state index in [2.05, 4.69) is 18.8 Å². The summed E-state index contributed by atoms with van der Waals surface area (Å²) in [7, 11) is -3.49. The smallest absolute Gasteiger partial charge is 0.243 e. The molecule has 1 saturated heterocycles. The van der Waals surface area contributed by atoms with E-state index in [1.807, 2.05) is 19.9 Å². The van der Waals surface area contributed by atoms with Gasteiger partial charge in [-0.15, -0.1) is 0 Å². The van der Waals surface area contributed by atoms with E-state index in [0.717, 1.165) is 29.8 Å². The minimum Gasteiger partial charge on any atom is -0.257 e. The molecule has 0 atom stereocenters. The molecule has 26 heavy (non-hydrogen) atoms. The van der Waals surface area contributed by atoms with E-state index >= 15 is 0 Å². The fourth-order valence-corrected chi connectivity index (χ4v) is 4.98. The zero-order chi connectivity index (χ0) is 18.9. The molecule has 3 rings (SSSR count). The Morgan fingerprint density at radius 1 is 1.23 bits per heavy atom. The van der Waals surface area contributed by atoms with Gasteiger partial charge in [-0.25, -0.2) is 18.2 Å². The van der Waals surface area contributed by atoms with Gasteiger partial charge in [0.1, 0.15) is 0 Å². The first-order valence-electron chi connectivity index (χ1n) is 9.21. The highest BCUT2D eigenvalue weighted by atomic mass is 32.2. The standard InChI is InChI=1S/C19H28N2O4S/c1-5-24-25-13-15-8-10-21(11-9-15)26(22,23)16-6-7-18-17(12-16)19(3,4)14(2)20-18/h6-7,12,15H,5,8-11,13H2,1-4H3. The first kappa shape index (κ1) is 19.5. The Balaban J connectivity index is 1.72. The molecule has 144 valence electrons. The first-order valence-corrected chi connectivity index (χ1v) is 10.7. The van der Waals surface area contributed by atoms with Gasteiger partial charge < -0.3 is 0 Å². The number of fused-ring (bicyclic) bond motifs is 1. The van der Waals surface area contributed by atoms with Crippen molar-refractivity contribution < 1.29 is 18.2 Å². The number of sulfonamides is 1. The van der Waals surface area contributed by atoms with E-state index in [1.54, 1.807) is 16.4 Å². The lowest BCUT2D eigenvalue weighted by Gasteiger charge is -2.31. The van der Waals surface area contributed by atoms with Crippen LogP contribution in [0.4, 0.5) is 5.69 Å². The van der Waals surface area contributed by atoms with Gasteiger partial charge in [-0.1, -0.05) is 13.8 Å². The number of rotatable bonds is 6. The molecular formula is C19H28N2O4S. The maximum absolute atomic E-state index is 13.1. The largest absolute Gasteiger partial charge is 0.257 e. The number of piperidine rings is 1. The molecule has 0 aromatic heterocycles. The Morgan fingerprint density at radius 3 is 2.58 bits per heavy atom. The lowest BCUT2D eigenvalue weighted by atomic mass is 9.82. The van der Waals surface area contributed by atoms with Gasteiger partial charge in [-0.3, -0.25) is 4.99 Å². The number of benzene rings is 1. The van der Waals surface area contributed by atoms with Crippen molar-refractivity contribution in [2.24, 2.45) is 10.9 Å². The van der Waals surface area contributed by atoms with Crippen LogP contribution in [0.5, 0.6) is 0 Å². The maximum Gasteiger partial charge on any atom is 0.243 e. The lowest BCUT2D eigenvalue weighted by molar-refractivity contribution is -0.299. The average molecular weight is 381 g/mol. The van der Waals surface area contributed by atoms with Crippen LogP contribution >= 0.6 is 0 Å². The van der Waals surface area contributed by atoms with Gasteiger partial charge in [0.2, 0.25) is 10.0 Å². The Morgan fingerprint density at radius 2 is 1.92 bits per heavy atom. The molecule has 2 aliphatic rings. The zero-order valence-electron chi connectivity index (χ0n) is 16.0. The summed E-state index contributed by atoms with van der Waals surface area (Å²) in [5.41, 5.74) is 2.64. The highest BCUT2D eigenvalue weighted by Gasteiger charge is 2.35. The van der Waals surface area contributed by atoms with Crippen molar-refractivity contribution in [2.45, 2.75) is 50.8 Å². The van der Waals surface area contributed by atoms with Crippen molar-refractivity contribution in [3.05, 3.63) is 23.8 Å². The molecule has 1 aromatic rings. The van der Waals surface area contributed by atoms with E-state index < -0.39 is 10.0 Å². The predicted octanol–water partition coefficient (Wildman–Crippen LogP) is 3.44. The third-order valence-corrected chi connectivity index (χ3v) is 7.44. The van der Waals surface area contributed by atoms with E-state index in [9.17, 15) is 8.42 Å². The molecular weight excluding hydrogens is 352 g/mol. The summed E-state index contributed by atoms with van der Waals surface area (Å²) in [6.07, 6.45) is 1.57. The third-order valence-electron chi connectivity index (χ3n) is 5.55. The highest BCUT2D eigenvalue weighted by Crippen LogP contribution is 2.41. The number of hydrogen-bond acceptors (Lipinski definition) is 5. The van der Waals surface area contributed by atoms with Crippen LogP contribution in [0.15, 0.2) is 28.1 Å². The second-order valence-electron chi connectivity index (χ2n) is 7.54. The van der Waals surface area contributed by atoms with E-state index in [4.69, 9.17) is 9.78 Å². The Bertz CT molecular complexity index is 794. The summed E-state index contributed by atoms with van der Waals surface area (Å²) in [6.45, 7) is 10.1. The summed E-state index contributed by atoms with van der Waals surface area (Å²) < 4.78 is 27.7. The van der Waals surface area contributed by atoms with Crippen molar-refractivity contribution in [2.75, 3.05) is 26.3 Å².